The van der Waals surface area contributed by atoms with Gasteiger partial charge in [-0.3, -0.25) is 0 Å². The predicted molar refractivity (Wildman–Crippen MR) is 77.6 cm³/mol. The first-order valence-electron chi connectivity index (χ1n) is 8.63. The lowest BCUT2D eigenvalue weighted by atomic mass is 9.68. The van der Waals surface area contributed by atoms with E-state index < -0.39 is 0 Å². The second kappa shape index (κ2) is 5.94. The highest BCUT2D eigenvalue weighted by atomic mass is 15.0. The summed E-state index contributed by atoms with van der Waals surface area (Å²) < 4.78 is 0. The Hall–Kier alpha value is -0.0400. The molecule has 1 aliphatic carbocycles. The van der Waals surface area contributed by atoms with Crippen LogP contribution in [0.3, 0.4) is 0 Å². The molecular formula is C17H31N. The third kappa shape index (κ3) is 2.76. The molecule has 1 nitrogen and oxygen atoms in total. The maximum absolute atomic E-state index is 4.07. The van der Waals surface area contributed by atoms with Gasteiger partial charge in [0.05, 0.1) is 0 Å². The van der Waals surface area contributed by atoms with E-state index in [2.05, 4.69) is 12.2 Å². The van der Waals surface area contributed by atoms with Crippen LogP contribution in [0.5, 0.6) is 0 Å². The molecule has 2 aliphatic heterocycles. The van der Waals surface area contributed by atoms with Gasteiger partial charge in [-0.15, -0.1) is 0 Å². The highest BCUT2D eigenvalue weighted by Crippen LogP contribution is 2.41. The van der Waals surface area contributed by atoms with Crippen molar-refractivity contribution in [3.63, 3.8) is 0 Å². The molecule has 2 bridgehead atoms. The van der Waals surface area contributed by atoms with Gasteiger partial charge in [0, 0.05) is 12.1 Å². The van der Waals surface area contributed by atoms with Gasteiger partial charge >= 0.3 is 0 Å². The summed E-state index contributed by atoms with van der Waals surface area (Å²) >= 11 is 0. The second-order valence-electron chi connectivity index (χ2n) is 7.21. The van der Waals surface area contributed by atoms with Crippen molar-refractivity contribution in [2.24, 2.45) is 17.8 Å². The Labute approximate surface area is 113 Å². The molecule has 3 rings (SSSR count). The lowest BCUT2D eigenvalue weighted by Gasteiger charge is -2.46. The largest absolute Gasteiger partial charge is 0.311 e. The van der Waals surface area contributed by atoms with E-state index in [0.717, 1.165) is 29.8 Å². The first-order chi connectivity index (χ1) is 8.86. The van der Waals surface area contributed by atoms with E-state index >= 15 is 0 Å². The zero-order valence-electron chi connectivity index (χ0n) is 12.2. The van der Waals surface area contributed by atoms with E-state index in [4.69, 9.17) is 0 Å². The van der Waals surface area contributed by atoms with E-state index in [-0.39, 0.29) is 0 Å². The fourth-order valence-electron chi connectivity index (χ4n) is 4.99. The highest BCUT2D eigenvalue weighted by molar-refractivity contribution is 4.94. The van der Waals surface area contributed by atoms with Crippen LogP contribution < -0.4 is 5.32 Å². The first-order valence-corrected chi connectivity index (χ1v) is 8.63. The minimum Gasteiger partial charge on any atom is -0.311 e. The molecule has 18 heavy (non-hydrogen) atoms. The van der Waals surface area contributed by atoms with Crippen molar-refractivity contribution in [1.29, 1.82) is 0 Å². The minimum absolute atomic E-state index is 0.866. The Morgan fingerprint density at radius 2 is 1.67 bits per heavy atom. The summed E-state index contributed by atoms with van der Waals surface area (Å²) in [4.78, 5) is 0. The molecule has 2 heterocycles. The summed E-state index contributed by atoms with van der Waals surface area (Å²) in [6, 6.07) is 1.76. The molecule has 0 radical (unpaired) electrons. The molecule has 0 aromatic rings. The zero-order chi connectivity index (χ0) is 12.4. The number of fused-ring (bicyclic) bond motifs is 1. The predicted octanol–water partition coefficient (Wildman–Crippen LogP) is 4.51. The highest BCUT2D eigenvalue weighted by Gasteiger charge is 2.38. The van der Waals surface area contributed by atoms with Gasteiger partial charge in [0.2, 0.25) is 0 Å². The smallest absolute Gasteiger partial charge is 0.0126 e. The maximum Gasteiger partial charge on any atom is 0.0126 e. The van der Waals surface area contributed by atoms with E-state index in [9.17, 15) is 0 Å². The molecular weight excluding hydrogens is 218 g/mol. The van der Waals surface area contributed by atoms with Gasteiger partial charge in [-0.05, 0) is 56.3 Å². The lowest BCUT2D eigenvalue weighted by Crippen LogP contribution is -2.53. The van der Waals surface area contributed by atoms with Crippen LogP contribution in [-0.4, -0.2) is 12.1 Å². The molecule has 1 unspecified atom stereocenters. The van der Waals surface area contributed by atoms with Crippen LogP contribution in [0.15, 0.2) is 0 Å². The van der Waals surface area contributed by atoms with Crippen molar-refractivity contribution in [3.8, 4) is 0 Å². The number of piperidine rings is 1. The Balaban J connectivity index is 1.73. The summed E-state index contributed by atoms with van der Waals surface area (Å²) in [5.41, 5.74) is 0. The van der Waals surface area contributed by atoms with Crippen LogP contribution in [0.4, 0.5) is 0 Å². The van der Waals surface area contributed by atoms with Crippen LogP contribution in [-0.2, 0) is 0 Å². The summed E-state index contributed by atoms with van der Waals surface area (Å²) in [7, 11) is 0. The van der Waals surface area contributed by atoms with Gasteiger partial charge in [0.1, 0.15) is 0 Å². The second-order valence-corrected chi connectivity index (χ2v) is 7.21. The first kappa shape index (κ1) is 13.0. The molecule has 0 aromatic heterocycles. The Kier molecular flexibility index (Phi) is 4.28. The van der Waals surface area contributed by atoms with Gasteiger partial charge in [-0.2, -0.15) is 0 Å². The normalized spacial score (nSPS) is 45.5. The van der Waals surface area contributed by atoms with E-state index in [1.165, 1.54) is 70.6 Å². The van der Waals surface area contributed by atoms with Gasteiger partial charge < -0.3 is 5.32 Å². The molecule has 5 atom stereocenters. The van der Waals surface area contributed by atoms with Gasteiger partial charge in [0.25, 0.3) is 0 Å². The van der Waals surface area contributed by atoms with Crippen molar-refractivity contribution in [2.75, 3.05) is 0 Å². The molecule has 2 saturated heterocycles. The summed E-state index contributed by atoms with van der Waals surface area (Å²) in [6.45, 7) is 2.41. The number of nitrogens with one attached hydrogen (secondary N) is 1. The molecule has 104 valence electrons. The van der Waals surface area contributed by atoms with Crippen molar-refractivity contribution < 1.29 is 0 Å². The van der Waals surface area contributed by atoms with Crippen LogP contribution in [0, 0.1) is 17.8 Å². The van der Waals surface area contributed by atoms with Gasteiger partial charge in [0.15, 0.2) is 0 Å². The fraction of sp³-hybridized carbons (Fsp3) is 1.00. The van der Waals surface area contributed by atoms with Crippen LogP contribution in [0.1, 0.15) is 77.6 Å². The molecule has 1 heteroatoms. The third-order valence-corrected chi connectivity index (χ3v) is 6.11. The summed E-state index contributed by atoms with van der Waals surface area (Å²) in [5.74, 6) is 3.06. The Bertz CT molecular complexity index is 260. The summed E-state index contributed by atoms with van der Waals surface area (Å²) in [6.07, 6.45) is 16.4. The fourth-order valence-corrected chi connectivity index (χ4v) is 4.99. The average Bonchev–Trinajstić information content (AvgIpc) is 2.42. The van der Waals surface area contributed by atoms with E-state index in [1.807, 2.05) is 0 Å². The number of rotatable bonds is 1. The molecule has 0 aromatic carbocycles. The van der Waals surface area contributed by atoms with Crippen molar-refractivity contribution in [2.45, 2.75) is 89.6 Å². The molecule has 1 N–H and O–H groups in total. The van der Waals surface area contributed by atoms with Gasteiger partial charge in [-0.25, -0.2) is 0 Å². The van der Waals surface area contributed by atoms with Crippen molar-refractivity contribution in [1.82, 2.24) is 5.32 Å². The van der Waals surface area contributed by atoms with Gasteiger partial charge in [-0.1, -0.05) is 39.0 Å². The summed E-state index contributed by atoms with van der Waals surface area (Å²) in [5, 5.41) is 4.07. The molecule has 3 aliphatic rings. The monoisotopic (exact) mass is 249 g/mol. The maximum atomic E-state index is 4.07. The topological polar surface area (TPSA) is 12.0 Å². The molecule has 3 fully saturated rings. The molecule has 1 saturated carbocycles. The van der Waals surface area contributed by atoms with E-state index in [1.54, 1.807) is 0 Å². The standard InChI is InChI=1S/C17H31N/c1-2-13-6-3-4-9-16-11-10-14-7-5-8-15(12-13)17(14)18-16/h13-18H,2-12H2,1H3/t13-,14?,15+,16+,17-/m0/s1. The number of hydrogen-bond donors (Lipinski definition) is 1. The van der Waals surface area contributed by atoms with Crippen LogP contribution in [0.2, 0.25) is 0 Å². The zero-order valence-corrected chi connectivity index (χ0v) is 12.2. The minimum atomic E-state index is 0.866. The average molecular weight is 249 g/mol. The van der Waals surface area contributed by atoms with Crippen molar-refractivity contribution in [3.05, 3.63) is 0 Å². The number of hydrogen-bond acceptors (Lipinski definition) is 1. The molecule has 0 amide bonds. The Morgan fingerprint density at radius 3 is 2.56 bits per heavy atom. The molecule has 0 spiro atoms. The van der Waals surface area contributed by atoms with Crippen LogP contribution >= 0.6 is 0 Å². The lowest BCUT2D eigenvalue weighted by molar-refractivity contribution is 0.0937. The van der Waals surface area contributed by atoms with Crippen molar-refractivity contribution >= 4 is 0 Å². The third-order valence-electron chi connectivity index (χ3n) is 6.11. The quantitative estimate of drug-likeness (QED) is 0.721. The van der Waals surface area contributed by atoms with Crippen LogP contribution in [0.25, 0.3) is 0 Å². The van der Waals surface area contributed by atoms with E-state index in [0.29, 0.717) is 0 Å². The SMILES string of the molecule is CC[C@H]1CCCC[C@@H]2CCC3CCC[C@H](C1)[C@H]3N2. The Morgan fingerprint density at radius 1 is 0.833 bits per heavy atom.